The number of rotatable bonds is 10. The predicted octanol–water partition coefficient (Wildman–Crippen LogP) is 3.99. The van der Waals surface area contributed by atoms with Gasteiger partial charge >= 0.3 is 0 Å². The molecule has 0 unspecified atom stereocenters. The highest BCUT2D eigenvalue weighted by Gasteiger charge is 2.20. The summed E-state index contributed by atoms with van der Waals surface area (Å²) in [6, 6.07) is 20.4. The van der Waals surface area contributed by atoms with Gasteiger partial charge in [-0.3, -0.25) is 9.69 Å². The van der Waals surface area contributed by atoms with Crippen molar-refractivity contribution < 1.29 is 9.53 Å². The number of piperazine rings is 1. The lowest BCUT2D eigenvalue weighted by Crippen LogP contribution is -2.46. The molecular formula is C27H33N5O2S. The van der Waals surface area contributed by atoms with Crippen molar-refractivity contribution in [2.24, 2.45) is 0 Å². The molecule has 184 valence electrons. The second-order valence-electron chi connectivity index (χ2n) is 8.53. The number of anilines is 1. The largest absolute Gasteiger partial charge is 0.378 e. The van der Waals surface area contributed by atoms with Crippen molar-refractivity contribution in [3.8, 4) is 0 Å². The van der Waals surface area contributed by atoms with Crippen LogP contribution in [0.3, 0.4) is 0 Å². The molecule has 0 spiro atoms. The van der Waals surface area contributed by atoms with E-state index in [1.165, 1.54) is 5.56 Å². The number of benzene rings is 2. The van der Waals surface area contributed by atoms with Crippen LogP contribution in [0.4, 0.5) is 5.82 Å². The lowest BCUT2D eigenvalue weighted by Gasteiger charge is -2.35. The van der Waals surface area contributed by atoms with Gasteiger partial charge < -0.3 is 15.0 Å². The molecule has 4 rings (SSSR count). The van der Waals surface area contributed by atoms with Crippen molar-refractivity contribution in [1.29, 1.82) is 0 Å². The van der Waals surface area contributed by atoms with Gasteiger partial charge in [0, 0.05) is 63.8 Å². The highest BCUT2D eigenvalue weighted by atomic mass is 32.2. The fourth-order valence-corrected chi connectivity index (χ4v) is 4.88. The van der Waals surface area contributed by atoms with Gasteiger partial charge in [-0.1, -0.05) is 54.2 Å². The van der Waals surface area contributed by atoms with Gasteiger partial charge in [0.2, 0.25) is 0 Å². The van der Waals surface area contributed by atoms with E-state index in [0.717, 1.165) is 60.7 Å². The van der Waals surface area contributed by atoms with Crippen molar-refractivity contribution in [3.63, 3.8) is 0 Å². The average Bonchev–Trinajstić information content (AvgIpc) is 2.89. The number of aromatic nitrogens is 2. The van der Waals surface area contributed by atoms with Crippen LogP contribution in [0.2, 0.25) is 0 Å². The highest BCUT2D eigenvalue weighted by molar-refractivity contribution is 7.98. The van der Waals surface area contributed by atoms with Crippen LogP contribution in [0.15, 0.2) is 65.8 Å². The molecule has 2 aromatic carbocycles. The molecule has 1 amide bonds. The van der Waals surface area contributed by atoms with Crippen molar-refractivity contribution in [1.82, 2.24) is 20.2 Å². The highest BCUT2D eigenvalue weighted by Crippen LogP contribution is 2.24. The molecule has 0 aliphatic carbocycles. The maximum atomic E-state index is 12.0. The Balaban J connectivity index is 1.38. The number of hydrogen-bond acceptors (Lipinski definition) is 7. The summed E-state index contributed by atoms with van der Waals surface area (Å²) in [4.78, 5) is 26.4. The normalized spacial score (nSPS) is 14.2. The Morgan fingerprint density at radius 3 is 2.43 bits per heavy atom. The van der Waals surface area contributed by atoms with E-state index in [2.05, 4.69) is 45.4 Å². The molecule has 0 atom stereocenters. The zero-order valence-electron chi connectivity index (χ0n) is 20.4. The topological polar surface area (TPSA) is 70.6 Å². The molecule has 1 saturated heterocycles. The standard InChI is InChI=1S/C27H33N5O2S/c1-3-28-26(33)23-11-9-22(10-12-23)20-35-27-29-24(19-34-2)17-25(30-27)32-15-13-31(14-16-32)18-21-7-5-4-6-8-21/h4-12,17H,3,13-16,18-20H2,1-2H3,(H,28,33). The number of thioether (sulfide) groups is 1. The van der Waals surface area contributed by atoms with Crippen LogP contribution in [0.1, 0.15) is 34.1 Å². The summed E-state index contributed by atoms with van der Waals surface area (Å²) in [7, 11) is 1.69. The maximum Gasteiger partial charge on any atom is 0.251 e. The first kappa shape index (κ1) is 25.2. The summed E-state index contributed by atoms with van der Waals surface area (Å²) < 4.78 is 5.36. The lowest BCUT2D eigenvalue weighted by molar-refractivity contribution is 0.0956. The van der Waals surface area contributed by atoms with Gasteiger partial charge in [-0.05, 0) is 30.2 Å². The Morgan fingerprint density at radius 1 is 1.00 bits per heavy atom. The Hall–Kier alpha value is -2.94. The monoisotopic (exact) mass is 491 g/mol. The minimum atomic E-state index is -0.0455. The van der Waals surface area contributed by atoms with E-state index in [1.807, 2.05) is 37.3 Å². The number of amides is 1. The maximum absolute atomic E-state index is 12.0. The molecule has 2 heterocycles. The van der Waals surface area contributed by atoms with Crippen molar-refractivity contribution in [2.45, 2.75) is 31.0 Å². The number of nitrogens with one attached hydrogen (secondary N) is 1. The number of carbonyl (C=O) groups excluding carboxylic acids is 1. The quantitative estimate of drug-likeness (QED) is 0.340. The molecule has 1 fully saturated rings. The molecule has 1 aliphatic heterocycles. The van der Waals surface area contributed by atoms with Crippen LogP contribution in [0.5, 0.6) is 0 Å². The Kier molecular flexibility index (Phi) is 9.11. The summed E-state index contributed by atoms with van der Waals surface area (Å²) in [6.45, 7) is 7.84. The number of ether oxygens (including phenoxy) is 1. The van der Waals surface area contributed by atoms with Crippen molar-refractivity contribution in [2.75, 3.05) is 44.7 Å². The third-order valence-corrected chi connectivity index (χ3v) is 6.82. The van der Waals surface area contributed by atoms with E-state index < -0.39 is 0 Å². The van der Waals surface area contributed by atoms with Gasteiger partial charge in [-0.25, -0.2) is 9.97 Å². The summed E-state index contributed by atoms with van der Waals surface area (Å²) in [5.74, 6) is 1.65. The Morgan fingerprint density at radius 2 is 1.74 bits per heavy atom. The first-order valence-electron chi connectivity index (χ1n) is 12.0. The number of nitrogens with zero attached hydrogens (tertiary/aromatic N) is 4. The van der Waals surface area contributed by atoms with E-state index in [1.54, 1.807) is 18.9 Å². The van der Waals surface area contributed by atoms with E-state index in [9.17, 15) is 4.79 Å². The van der Waals surface area contributed by atoms with Crippen molar-refractivity contribution >= 4 is 23.5 Å². The average molecular weight is 492 g/mol. The fraction of sp³-hybridized carbons (Fsp3) is 0.370. The molecule has 0 radical (unpaired) electrons. The van der Waals surface area contributed by atoms with Crippen LogP contribution < -0.4 is 10.2 Å². The third-order valence-electron chi connectivity index (χ3n) is 5.90. The zero-order chi connectivity index (χ0) is 24.5. The van der Waals surface area contributed by atoms with Crippen LogP contribution in [-0.2, 0) is 23.6 Å². The van der Waals surface area contributed by atoms with E-state index >= 15 is 0 Å². The van der Waals surface area contributed by atoms with Crippen LogP contribution in [0, 0.1) is 0 Å². The molecular weight excluding hydrogens is 458 g/mol. The van der Waals surface area contributed by atoms with E-state index in [0.29, 0.717) is 18.7 Å². The van der Waals surface area contributed by atoms with E-state index in [-0.39, 0.29) is 5.91 Å². The van der Waals surface area contributed by atoms with Gasteiger partial charge in [-0.2, -0.15) is 0 Å². The molecule has 0 saturated carbocycles. The van der Waals surface area contributed by atoms with E-state index in [4.69, 9.17) is 14.7 Å². The number of hydrogen-bond donors (Lipinski definition) is 1. The summed E-state index contributed by atoms with van der Waals surface area (Å²) >= 11 is 1.60. The predicted molar refractivity (Wildman–Crippen MR) is 141 cm³/mol. The molecule has 35 heavy (non-hydrogen) atoms. The van der Waals surface area contributed by atoms with Crippen LogP contribution in [0.25, 0.3) is 0 Å². The minimum Gasteiger partial charge on any atom is -0.378 e. The van der Waals surface area contributed by atoms with Gasteiger partial charge in [0.05, 0.1) is 12.3 Å². The smallest absolute Gasteiger partial charge is 0.251 e. The number of methoxy groups -OCH3 is 1. The first-order chi connectivity index (χ1) is 17.1. The van der Waals surface area contributed by atoms with Crippen molar-refractivity contribution in [3.05, 3.63) is 83.0 Å². The molecule has 1 aromatic heterocycles. The van der Waals surface area contributed by atoms with Gasteiger partial charge in [0.1, 0.15) is 5.82 Å². The molecule has 7 nitrogen and oxygen atoms in total. The molecule has 8 heteroatoms. The van der Waals surface area contributed by atoms with Crippen LogP contribution >= 0.6 is 11.8 Å². The second kappa shape index (κ2) is 12.7. The number of carbonyl (C=O) groups is 1. The SMILES string of the molecule is CCNC(=O)c1ccc(CSc2nc(COC)cc(N3CCN(Cc4ccccc4)CC3)n2)cc1. The summed E-state index contributed by atoms with van der Waals surface area (Å²) in [5.41, 5.74) is 4.04. The first-order valence-corrected chi connectivity index (χ1v) is 13.0. The molecule has 1 N–H and O–H groups in total. The molecule has 1 aliphatic rings. The van der Waals surface area contributed by atoms with Gasteiger partial charge in [0.15, 0.2) is 5.16 Å². The lowest BCUT2D eigenvalue weighted by atomic mass is 10.1. The fourth-order valence-electron chi connectivity index (χ4n) is 4.05. The molecule has 3 aromatic rings. The third kappa shape index (κ3) is 7.27. The van der Waals surface area contributed by atoms with Gasteiger partial charge in [-0.15, -0.1) is 0 Å². The zero-order valence-corrected chi connectivity index (χ0v) is 21.3. The summed E-state index contributed by atoms with van der Waals surface area (Å²) in [5, 5.41) is 3.57. The van der Waals surface area contributed by atoms with Crippen LogP contribution in [-0.4, -0.2) is 60.6 Å². The Bertz CT molecular complexity index is 1090. The molecule has 0 bridgehead atoms. The van der Waals surface area contributed by atoms with Gasteiger partial charge in [0.25, 0.3) is 5.91 Å². The second-order valence-corrected chi connectivity index (χ2v) is 9.47. The minimum absolute atomic E-state index is 0.0455. The summed E-state index contributed by atoms with van der Waals surface area (Å²) in [6.07, 6.45) is 0. The Labute approximate surface area is 211 Å².